The van der Waals surface area contributed by atoms with Crippen LogP contribution in [0, 0.1) is 0 Å². The van der Waals surface area contributed by atoms with Crippen molar-refractivity contribution < 1.29 is 4.74 Å². The molecule has 98 valence electrons. The van der Waals surface area contributed by atoms with Gasteiger partial charge in [0.2, 0.25) is 0 Å². The lowest BCUT2D eigenvalue weighted by molar-refractivity contribution is 0.366. The zero-order valence-corrected chi connectivity index (χ0v) is 11.7. The summed E-state index contributed by atoms with van der Waals surface area (Å²) in [7, 11) is 3.70. The van der Waals surface area contributed by atoms with E-state index >= 15 is 0 Å². The zero-order valence-electron chi connectivity index (χ0n) is 11.7. The number of aromatic nitrogens is 2. The van der Waals surface area contributed by atoms with Gasteiger partial charge in [0, 0.05) is 12.0 Å². The fourth-order valence-electron chi connectivity index (χ4n) is 2.14. The number of aryl methyl sites for hydroxylation is 1. The molecule has 0 atom stereocenters. The number of hydrogen-bond acceptors (Lipinski definition) is 3. The van der Waals surface area contributed by atoms with Crippen LogP contribution in [0.1, 0.15) is 39.3 Å². The van der Waals surface area contributed by atoms with Gasteiger partial charge in [-0.3, -0.25) is 4.68 Å². The van der Waals surface area contributed by atoms with E-state index in [0.29, 0.717) is 0 Å². The van der Waals surface area contributed by atoms with Gasteiger partial charge in [-0.05, 0) is 26.4 Å². The predicted octanol–water partition coefficient (Wildman–Crippen LogP) is 2.19. The summed E-state index contributed by atoms with van der Waals surface area (Å²) in [5.41, 5.74) is 1.28. The third-order valence-corrected chi connectivity index (χ3v) is 3.10. The number of hydrogen-bond donors (Lipinski definition) is 1. The van der Waals surface area contributed by atoms with Crippen LogP contribution in [0.3, 0.4) is 0 Å². The first-order valence-corrected chi connectivity index (χ1v) is 6.31. The molecule has 1 rings (SSSR count). The molecule has 0 aliphatic heterocycles. The van der Waals surface area contributed by atoms with Crippen LogP contribution in [0.5, 0.6) is 5.75 Å². The van der Waals surface area contributed by atoms with Gasteiger partial charge in [-0.15, -0.1) is 0 Å². The van der Waals surface area contributed by atoms with Crippen LogP contribution in [0.15, 0.2) is 6.20 Å². The number of ether oxygens (including phenoxy) is 1. The molecular weight excluding hydrogens is 214 g/mol. The Labute approximate surface area is 104 Å². The zero-order chi connectivity index (χ0) is 12.9. The van der Waals surface area contributed by atoms with Crippen LogP contribution in [-0.2, 0) is 12.0 Å². The first kappa shape index (κ1) is 14.0. The van der Waals surface area contributed by atoms with Gasteiger partial charge in [0.15, 0.2) is 5.75 Å². The molecule has 0 bridgehead atoms. The molecule has 0 saturated heterocycles. The average molecular weight is 239 g/mol. The number of nitrogens with one attached hydrogen (secondary N) is 1. The highest BCUT2D eigenvalue weighted by Crippen LogP contribution is 2.34. The summed E-state index contributed by atoms with van der Waals surface area (Å²) >= 11 is 0. The molecular formula is C13H25N3O. The van der Waals surface area contributed by atoms with Crippen LogP contribution in [0.25, 0.3) is 0 Å². The van der Waals surface area contributed by atoms with Gasteiger partial charge in [-0.2, -0.15) is 5.10 Å². The van der Waals surface area contributed by atoms with E-state index in [9.17, 15) is 0 Å². The largest absolute Gasteiger partial charge is 0.493 e. The molecule has 0 fully saturated rings. The fraction of sp³-hybridized carbons (Fsp3) is 0.769. The SMILES string of the molecule is CCCn1ncc(OC)c1C(C)(C)CCNC. The predicted molar refractivity (Wildman–Crippen MR) is 70.6 cm³/mol. The fourth-order valence-corrected chi connectivity index (χ4v) is 2.14. The van der Waals surface area contributed by atoms with E-state index in [1.807, 2.05) is 13.2 Å². The minimum Gasteiger partial charge on any atom is -0.493 e. The molecule has 0 spiro atoms. The highest BCUT2D eigenvalue weighted by molar-refractivity contribution is 5.31. The summed E-state index contributed by atoms with van der Waals surface area (Å²) in [6.45, 7) is 8.60. The van der Waals surface area contributed by atoms with Gasteiger partial charge in [0.05, 0.1) is 19.0 Å². The second-order valence-electron chi connectivity index (χ2n) is 5.02. The normalized spacial score (nSPS) is 11.8. The van der Waals surface area contributed by atoms with Gasteiger partial charge < -0.3 is 10.1 Å². The number of methoxy groups -OCH3 is 1. The van der Waals surface area contributed by atoms with Gasteiger partial charge in [-0.25, -0.2) is 0 Å². The lowest BCUT2D eigenvalue weighted by atomic mass is 9.85. The van der Waals surface area contributed by atoms with E-state index < -0.39 is 0 Å². The first-order chi connectivity index (χ1) is 8.06. The standard InChI is InChI=1S/C13H25N3O/c1-6-9-16-12(11(17-5)10-15-16)13(2,3)7-8-14-4/h10,14H,6-9H2,1-5H3. The Hall–Kier alpha value is -1.03. The second-order valence-corrected chi connectivity index (χ2v) is 5.02. The molecule has 1 heterocycles. The van der Waals surface area contributed by atoms with Crippen LogP contribution in [-0.4, -0.2) is 30.5 Å². The summed E-state index contributed by atoms with van der Waals surface area (Å²) < 4.78 is 7.51. The maximum absolute atomic E-state index is 5.43. The molecule has 1 aromatic heterocycles. The van der Waals surface area contributed by atoms with Crippen molar-refractivity contribution in [3.8, 4) is 5.75 Å². The summed E-state index contributed by atoms with van der Waals surface area (Å²) in [6, 6.07) is 0. The number of rotatable bonds is 7. The summed E-state index contributed by atoms with van der Waals surface area (Å²) in [5.74, 6) is 0.902. The molecule has 0 saturated carbocycles. The van der Waals surface area contributed by atoms with Crippen molar-refractivity contribution in [1.29, 1.82) is 0 Å². The minimum atomic E-state index is 0.0695. The van der Waals surface area contributed by atoms with Crippen molar-refractivity contribution >= 4 is 0 Å². The van der Waals surface area contributed by atoms with Crippen molar-refractivity contribution in [2.75, 3.05) is 20.7 Å². The van der Waals surface area contributed by atoms with Crippen molar-refractivity contribution in [3.63, 3.8) is 0 Å². The van der Waals surface area contributed by atoms with E-state index in [0.717, 1.165) is 31.7 Å². The van der Waals surface area contributed by atoms with E-state index in [-0.39, 0.29) is 5.41 Å². The first-order valence-electron chi connectivity index (χ1n) is 6.31. The van der Waals surface area contributed by atoms with Crippen molar-refractivity contribution in [3.05, 3.63) is 11.9 Å². The molecule has 1 aromatic rings. The third-order valence-electron chi connectivity index (χ3n) is 3.10. The molecule has 0 aliphatic rings. The van der Waals surface area contributed by atoms with E-state index in [4.69, 9.17) is 4.74 Å². The second kappa shape index (κ2) is 6.05. The summed E-state index contributed by atoms with van der Waals surface area (Å²) in [5, 5.41) is 7.63. The van der Waals surface area contributed by atoms with Gasteiger partial charge in [0.1, 0.15) is 0 Å². The van der Waals surface area contributed by atoms with Crippen molar-refractivity contribution in [2.24, 2.45) is 0 Å². The lowest BCUT2D eigenvalue weighted by Crippen LogP contribution is -2.27. The molecule has 0 unspecified atom stereocenters. The van der Waals surface area contributed by atoms with E-state index in [2.05, 4.69) is 35.9 Å². The molecule has 1 N–H and O–H groups in total. The maximum atomic E-state index is 5.43. The molecule has 0 aliphatic carbocycles. The van der Waals surface area contributed by atoms with Gasteiger partial charge in [-0.1, -0.05) is 20.8 Å². The third kappa shape index (κ3) is 3.22. The van der Waals surface area contributed by atoms with Crippen LogP contribution in [0.2, 0.25) is 0 Å². The smallest absolute Gasteiger partial charge is 0.160 e. The monoisotopic (exact) mass is 239 g/mol. The molecule has 0 aromatic carbocycles. The van der Waals surface area contributed by atoms with E-state index in [1.54, 1.807) is 7.11 Å². The minimum absolute atomic E-state index is 0.0695. The topological polar surface area (TPSA) is 39.1 Å². The van der Waals surface area contributed by atoms with Crippen LogP contribution < -0.4 is 10.1 Å². The lowest BCUT2D eigenvalue weighted by Gasteiger charge is -2.26. The van der Waals surface area contributed by atoms with Crippen molar-refractivity contribution in [2.45, 2.75) is 45.6 Å². The molecule has 0 radical (unpaired) electrons. The molecule has 17 heavy (non-hydrogen) atoms. The highest BCUT2D eigenvalue weighted by Gasteiger charge is 2.28. The molecule has 4 heteroatoms. The Morgan fingerprint density at radius 2 is 2.18 bits per heavy atom. The van der Waals surface area contributed by atoms with E-state index in [1.165, 1.54) is 5.69 Å². The maximum Gasteiger partial charge on any atom is 0.160 e. The molecule has 0 amide bonds. The summed E-state index contributed by atoms with van der Waals surface area (Å²) in [6.07, 6.45) is 3.97. The van der Waals surface area contributed by atoms with Crippen LogP contribution >= 0.6 is 0 Å². The average Bonchev–Trinajstić information content (AvgIpc) is 2.71. The van der Waals surface area contributed by atoms with Gasteiger partial charge >= 0.3 is 0 Å². The number of nitrogens with zero attached hydrogens (tertiary/aromatic N) is 2. The van der Waals surface area contributed by atoms with Crippen molar-refractivity contribution in [1.82, 2.24) is 15.1 Å². The molecule has 4 nitrogen and oxygen atoms in total. The Morgan fingerprint density at radius 3 is 2.71 bits per heavy atom. The highest BCUT2D eigenvalue weighted by atomic mass is 16.5. The quantitative estimate of drug-likeness (QED) is 0.792. The van der Waals surface area contributed by atoms with Crippen LogP contribution in [0.4, 0.5) is 0 Å². The Morgan fingerprint density at radius 1 is 1.47 bits per heavy atom. The van der Waals surface area contributed by atoms with Gasteiger partial charge in [0.25, 0.3) is 0 Å². The Bertz CT molecular complexity index is 344. The Balaban J connectivity index is 3.02. The Kier molecular flexibility index (Phi) is 5.00. The summed E-state index contributed by atoms with van der Waals surface area (Å²) in [4.78, 5) is 0.